The summed E-state index contributed by atoms with van der Waals surface area (Å²) in [5.74, 6) is -0.244. The van der Waals surface area contributed by atoms with Crippen LogP contribution in [0.15, 0.2) is 40.9 Å². The van der Waals surface area contributed by atoms with E-state index in [9.17, 15) is 13.2 Å². The molecule has 3 unspecified atom stereocenters. The van der Waals surface area contributed by atoms with Crippen LogP contribution in [-0.2, 0) is 19.6 Å². The van der Waals surface area contributed by atoms with E-state index in [1.807, 2.05) is 6.92 Å². The maximum Gasteiger partial charge on any atom is 0.302 e. The summed E-state index contributed by atoms with van der Waals surface area (Å²) >= 11 is 0. The first-order chi connectivity index (χ1) is 12.3. The van der Waals surface area contributed by atoms with Crippen molar-refractivity contribution in [2.24, 2.45) is 10.8 Å². The Morgan fingerprint density at radius 1 is 1.23 bits per heavy atom. The second kappa shape index (κ2) is 5.82. The van der Waals surface area contributed by atoms with Crippen molar-refractivity contribution in [1.29, 1.82) is 0 Å². The highest BCUT2D eigenvalue weighted by molar-refractivity contribution is 7.89. The van der Waals surface area contributed by atoms with E-state index >= 15 is 0 Å². The predicted octanol–water partition coefficient (Wildman–Crippen LogP) is 2.56. The molecule has 26 heavy (non-hydrogen) atoms. The van der Waals surface area contributed by atoms with Crippen LogP contribution in [0.4, 0.5) is 0 Å². The molecule has 4 rings (SSSR count). The first kappa shape index (κ1) is 17.5. The lowest BCUT2D eigenvalue weighted by Crippen LogP contribution is -2.60. The summed E-state index contributed by atoms with van der Waals surface area (Å²) in [4.78, 5) is 14.2. The molecule has 7 heteroatoms. The molecule has 3 aliphatic carbocycles. The third kappa shape index (κ3) is 2.41. The highest BCUT2D eigenvalue weighted by Gasteiger charge is 2.72. The number of hydrogen-bond donors (Lipinski definition) is 2. The van der Waals surface area contributed by atoms with E-state index in [0.29, 0.717) is 0 Å². The van der Waals surface area contributed by atoms with Gasteiger partial charge in [0.25, 0.3) is 10.0 Å². The van der Waals surface area contributed by atoms with Crippen LogP contribution in [0.1, 0.15) is 44.6 Å². The van der Waals surface area contributed by atoms with Crippen LogP contribution in [0.5, 0.6) is 0 Å². The van der Waals surface area contributed by atoms with Crippen LogP contribution in [0.25, 0.3) is 0 Å². The zero-order valence-corrected chi connectivity index (χ0v) is 15.9. The molecule has 0 bridgehead atoms. The number of hydrazine groups is 1. The Morgan fingerprint density at radius 2 is 1.96 bits per heavy atom. The molecular weight excluding hydrogens is 352 g/mol. The fourth-order valence-corrected chi connectivity index (χ4v) is 6.05. The van der Waals surface area contributed by atoms with Gasteiger partial charge in [-0.3, -0.25) is 4.79 Å². The van der Waals surface area contributed by atoms with E-state index in [2.05, 4.69) is 16.3 Å². The standard InChI is InChI=1S/C19H24N2O4S/c1-13-4-6-15(7-5-13)26(23,24)21-20-16-8-11-18-9-3-10-19(16,18)12-17(18)25-14(2)22/h4-8,17,20-21H,3,9-12H2,1-2H3. The monoisotopic (exact) mass is 376 g/mol. The van der Waals surface area contributed by atoms with E-state index in [1.54, 1.807) is 24.3 Å². The summed E-state index contributed by atoms with van der Waals surface area (Å²) in [6.45, 7) is 3.36. The number of sulfonamides is 1. The molecule has 1 aromatic carbocycles. The lowest BCUT2D eigenvalue weighted by molar-refractivity contribution is -0.189. The molecule has 0 spiro atoms. The van der Waals surface area contributed by atoms with E-state index in [-0.39, 0.29) is 27.8 Å². The zero-order valence-electron chi connectivity index (χ0n) is 15.0. The summed E-state index contributed by atoms with van der Waals surface area (Å²) in [6, 6.07) is 6.75. The molecule has 3 atom stereocenters. The summed E-state index contributed by atoms with van der Waals surface area (Å²) in [5.41, 5.74) is 4.76. The van der Waals surface area contributed by atoms with Crippen molar-refractivity contribution in [2.75, 3.05) is 0 Å². The molecule has 0 radical (unpaired) electrons. The van der Waals surface area contributed by atoms with Gasteiger partial charge in [0.1, 0.15) is 6.10 Å². The molecule has 0 saturated heterocycles. The fraction of sp³-hybridized carbons (Fsp3) is 0.526. The van der Waals surface area contributed by atoms with Crippen molar-refractivity contribution in [3.8, 4) is 0 Å². The summed E-state index contributed by atoms with van der Waals surface area (Å²) in [7, 11) is -3.64. The molecular formula is C19H24N2O4S. The number of nitrogens with one attached hydrogen (secondary N) is 2. The average molecular weight is 376 g/mol. The molecule has 0 amide bonds. The topological polar surface area (TPSA) is 84.5 Å². The van der Waals surface area contributed by atoms with Crippen molar-refractivity contribution in [2.45, 2.75) is 57.0 Å². The maximum absolute atomic E-state index is 12.5. The van der Waals surface area contributed by atoms with Gasteiger partial charge in [-0.25, -0.2) is 8.42 Å². The second-order valence-corrected chi connectivity index (χ2v) is 9.44. The van der Waals surface area contributed by atoms with Gasteiger partial charge in [0.05, 0.1) is 4.90 Å². The Bertz CT molecular complexity index is 877. The number of carbonyl (C=O) groups is 1. The molecule has 140 valence electrons. The molecule has 2 fully saturated rings. The quantitative estimate of drug-likeness (QED) is 0.609. The Balaban J connectivity index is 1.49. The van der Waals surface area contributed by atoms with Gasteiger partial charge in [-0.2, -0.15) is 0 Å². The molecule has 6 nitrogen and oxygen atoms in total. The minimum absolute atomic E-state index is 0.0592. The van der Waals surface area contributed by atoms with Gasteiger partial charge in [-0.1, -0.05) is 30.2 Å². The van der Waals surface area contributed by atoms with Gasteiger partial charge in [0.15, 0.2) is 0 Å². The number of esters is 1. The van der Waals surface area contributed by atoms with Gasteiger partial charge < -0.3 is 10.2 Å². The lowest BCUT2D eigenvalue weighted by Gasteiger charge is -2.57. The Labute approximate surface area is 154 Å². The van der Waals surface area contributed by atoms with Gasteiger partial charge in [-0.05, 0) is 44.7 Å². The highest BCUT2D eigenvalue weighted by atomic mass is 32.2. The van der Waals surface area contributed by atoms with E-state index in [0.717, 1.165) is 43.4 Å². The Morgan fingerprint density at radius 3 is 2.65 bits per heavy atom. The summed E-state index contributed by atoms with van der Waals surface area (Å²) < 4.78 is 30.6. The molecule has 0 aromatic heterocycles. The number of ether oxygens (including phenoxy) is 1. The van der Waals surface area contributed by atoms with Crippen molar-refractivity contribution in [3.05, 3.63) is 41.6 Å². The van der Waals surface area contributed by atoms with E-state index in [1.165, 1.54) is 6.92 Å². The number of aryl methyl sites for hydroxylation is 1. The normalized spacial score (nSPS) is 32.2. The third-order valence-electron chi connectivity index (χ3n) is 6.48. The van der Waals surface area contributed by atoms with Crippen molar-refractivity contribution >= 4 is 16.0 Å². The number of benzene rings is 1. The van der Waals surface area contributed by atoms with Gasteiger partial charge in [0.2, 0.25) is 0 Å². The highest BCUT2D eigenvalue weighted by Crippen LogP contribution is 2.74. The lowest BCUT2D eigenvalue weighted by atomic mass is 9.50. The van der Waals surface area contributed by atoms with Crippen molar-refractivity contribution < 1.29 is 17.9 Å². The molecule has 0 heterocycles. The Kier molecular flexibility index (Phi) is 3.93. The number of hydrogen-bond acceptors (Lipinski definition) is 5. The second-order valence-electron chi connectivity index (χ2n) is 7.76. The first-order valence-electron chi connectivity index (χ1n) is 9.01. The Hall–Kier alpha value is -1.86. The average Bonchev–Trinajstić information content (AvgIpc) is 2.97. The summed E-state index contributed by atoms with van der Waals surface area (Å²) in [5, 5.41) is 0. The largest absolute Gasteiger partial charge is 0.462 e. The number of carbonyl (C=O) groups excluding carboxylic acids is 1. The minimum Gasteiger partial charge on any atom is -0.462 e. The fourth-order valence-electron chi connectivity index (χ4n) is 5.19. The molecule has 2 N–H and O–H groups in total. The maximum atomic E-state index is 12.5. The van der Waals surface area contributed by atoms with Crippen molar-refractivity contribution in [1.82, 2.24) is 10.3 Å². The van der Waals surface area contributed by atoms with Crippen LogP contribution >= 0.6 is 0 Å². The molecule has 0 aliphatic heterocycles. The molecule has 1 aromatic rings. The van der Waals surface area contributed by atoms with Gasteiger partial charge >= 0.3 is 5.97 Å². The van der Waals surface area contributed by atoms with Crippen molar-refractivity contribution in [3.63, 3.8) is 0 Å². The summed E-state index contributed by atoms with van der Waals surface area (Å²) in [6.07, 6.45) is 6.67. The predicted molar refractivity (Wildman–Crippen MR) is 96.2 cm³/mol. The molecule has 2 saturated carbocycles. The van der Waals surface area contributed by atoms with Gasteiger partial charge in [0, 0.05) is 23.5 Å². The van der Waals surface area contributed by atoms with Crippen LogP contribution in [-0.4, -0.2) is 20.5 Å². The molecule has 3 aliphatic rings. The van der Waals surface area contributed by atoms with E-state index < -0.39 is 10.0 Å². The first-order valence-corrected chi connectivity index (χ1v) is 10.5. The number of allylic oxidation sites excluding steroid dienone is 2. The SMILES string of the molecule is CC(=O)OC1CC23CCCC12CC=C3NNS(=O)(=O)c1ccc(C)cc1. The van der Waals surface area contributed by atoms with Crippen LogP contribution < -0.4 is 10.3 Å². The number of rotatable bonds is 5. The van der Waals surface area contributed by atoms with E-state index in [4.69, 9.17) is 4.74 Å². The smallest absolute Gasteiger partial charge is 0.302 e. The zero-order chi connectivity index (χ0) is 18.6. The van der Waals surface area contributed by atoms with Crippen LogP contribution in [0.3, 0.4) is 0 Å². The van der Waals surface area contributed by atoms with Crippen LogP contribution in [0.2, 0.25) is 0 Å². The minimum atomic E-state index is -3.64. The van der Waals surface area contributed by atoms with Gasteiger partial charge in [-0.15, -0.1) is 4.83 Å². The third-order valence-corrected chi connectivity index (χ3v) is 7.74. The van der Waals surface area contributed by atoms with Crippen LogP contribution in [0, 0.1) is 17.8 Å².